The van der Waals surface area contributed by atoms with Gasteiger partial charge >= 0.3 is 11.9 Å². The molecular weight excluding hydrogens is 296 g/mol. The third-order valence-corrected chi connectivity index (χ3v) is 3.55. The number of hydrogen-bond donors (Lipinski definition) is 1. The smallest absolute Gasteiger partial charge is 0.393 e. The molecule has 0 radical (unpaired) electrons. The number of rotatable bonds is 4. The quantitative estimate of drug-likeness (QED) is 0.795. The summed E-state index contributed by atoms with van der Waals surface area (Å²) >= 11 is 0. The highest BCUT2D eigenvalue weighted by Crippen LogP contribution is 2.39. The first kappa shape index (κ1) is 15.2. The Morgan fingerprint density at radius 2 is 2.09 bits per heavy atom. The van der Waals surface area contributed by atoms with Gasteiger partial charge in [0.25, 0.3) is 0 Å². The van der Waals surface area contributed by atoms with Crippen LogP contribution in [0.3, 0.4) is 0 Å². The molecule has 3 aromatic rings. The van der Waals surface area contributed by atoms with Crippen molar-refractivity contribution in [2.24, 2.45) is 0 Å². The monoisotopic (exact) mass is 314 g/mol. The molecular formula is C16H18N4O3. The van der Waals surface area contributed by atoms with Crippen LogP contribution in [-0.4, -0.2) is 30.7 Å². The Morgan fingerprint density at radius 1 is 1.30 bits per heavy atom. The molecule has 1 aliphatic rings. The van der Waals surface area contributed by atoms with Gasteiger partial charge in [-0.3, -0.25) is 0 Å². The molecule has 0 aliphatic heterocycles. The lowest BCUT2D eigenvalue weighted by Crippen LogP contribution is -1.95. The lowest BCUT2D eigenvalue weighted by Gasteiger charge is -1.98. The second-order valence-corrected chi connectivity index (χ2v) is 5.22. The average molecular weight is 314 g/mol. The van der Waals surface area contributed by atoms with Gasteiger partial charge in [-0.2, -0.15) is 0 Å². The third kappa shape index (κ3) is 3.23. The standard InChI is InChI=1S/C14H12N4O3.C2H6/c19-14(20)13-17-16-12(21-13)5-10-7-18-6-9(8-1-2-8)3-4-11(18)15-10;1-2/h3-4,6-8H,1-2,5H2,(H,19,20);1-2H3. The van der Waals surface area contributed by atoms with E-state index in [0.717, 1.165) is 11.3 Å². The minimum Gasteiger partial charge on any atom is -0.474 e. The molecule has 4 rings (SSSR count). The minimum atomic E-state index is -1.22. The molecule has 1 fully saturated rings. The van der Waals surface area contributed by atoms with Crippen LogP contribution in [0.5, 0.6) is 0 Å². The number of aromatic carboxylic acids is 1. The van der Waals surface area contributed by atoms with E-state index >= 15 is 0 Å². The maximum Gasteiger partial charge on any atom is 0.393 e. The van der Waals surface area contributed by atoms with E-state index in [-0.39, 0.29) is 5.89 Å². The molecule has 0 aromatic carbocycles. The molecule has 7 heteroatoms. The van der Waals surface area contributed by atoms with Gasteiger partial charge in [0.15, 0.2) is 0 Å². The van der Waals surface area contributed by atoms with Crippen molar-refractivity contribution < 1.29 is 14.3 Å². The number of fused-ring (bicyclic) bond motifs is 1. The van der Waals surface area contributed by atoms with Gasteiger partial charge in [-0.1, -0.05) is 19.9 Å². The van der Waals surface area contributed by atoms with Crippen molar-refractivity contribution in [2.45, 2.75) is 39.0 Å². The number of nitrogens with zero attached hydrogens (tertiary/aromatic N) is 4. The first-order valence-electron chi connectivity index (χ1n) is 7.72. The number of imidazole rings is 1. The molecule has 0 atom stereocenters. The van der Waals surface area contributed by atoms with E-state index in [9.17, 15) is 4.79 Å². The maximum absolute atomic E-state index is 10.7. The van der Waals surface area contributed by atoms with Crippen LogP contribution in [-0.2, 0) is 6.42 Å². The summed E-state index contributed by atoms with van der Waals surface area (Å²) in [5.41, 5.74) is 2.95. The van der Waals surface area contributed by atoms with Crippen LogP contribution < -0.4 is 0 Å². The molecule has 0 saturated heterocycles. The molecule has 0 amide bonds. The zero-order valence-corrected chi connectivity index (χ0v) is 13.1. The largest absolute Gasteiger partial charge is 0.474 e. The van der Waals surface area contributed by atoms with Gasteiger partial charge in [0.1, 0.15) is 5.65 Å². The number of carboxylic acids is 1. The van der Waals surface area contributed by atoms with Crippen LogP contribution in [0.25, 0.3) is 5.65 Å². The van der Waals surface area contributed by atoms with Crippen molar-refractivity contribution in [1.82, 2.24) is 19.6 Å². The van der Waals surface area contributed by atoms with Gasteiger partial charge in [-0.15, -0.1) is 10.2 Å². The summed E-state index contributed by atoms with van der Waals surface area (Å²) in [4.78, 5) is 15.2. The van der Waals surface area contributed by atoms with Gasteiger partial charge in [0.05, 0.1) is 12.1 Å². The van der Waals surface area contributed by atoms with Crippen LogP contribution in [0.15, 0.2) is 28.9 Å². The van der Waals surface area contributed by atoms with Crippen molar-refractivity contribution in [3.63, 3.8) is 0 Å². The van der Waals surface area contributed by atoms with Crippen molar-refractivity contribution in [1.29, 1.82) is 0 Å². The average Bonchev–Trinajstić information content (AvgIpc) is 3.16. The Labute approximate surface area is 133 Å². The second-order valence-electron chi connectivity index (χ2n) is 5.22. The molecule has 1 aliphatic carbocycles. The highest BCUT2D eigenvalue weighted by molar-refractivity contribution is 5.81. The third-order valence-electron chi connectivity index (χ3n) is 3.55. The number of hydrogen-bond acceptors (Lipinski definition) is 5. The van der Waals surface area contributed by atoms with E-state index in [4.69, 9.17) is 9.52 Å². The normalized spacial score (nSPS) is 13.7. The first-order chi connectivity index (χ1) is 11.2. The van der Waals surface area contributed by atoms with E-state index < -0.39 is 11.9 Å². The summed E-state index contributed by atoms with van der Waals surface area (Å²) in [5, 5.41) is 15.9. The lowest BCUT2D eigenvalue weighted by molar-refractivity contribution is 0.0651. The fourth-order valence-electron chi connectivity index (χ4n) is 2.37. The molecule has 0 spiro atoms. The molecule has 0 bridgehead atoms. The van der Waals surface area contributed by atoms with E-state index in [0.29, 0.717) is 12.3 Å². The van der Waals surface area contributed by atoms with Crippen LogP contribution >= 0.6 is 0 Å². The Hall–Kier alpha value is -2.70. The lowest BCUT2D eigenvalue weighted by atomic mass is 10.2. The van der Waals surface area contributed by atoms with E-state index in [1.165, 1.54) is 18.4 Å². The molecule has 120 valence electrons. The van der Waals surface area contributed by atoms with Crippen molar-refractivity contribution in [3.8, 4) is 0 Å². The van der Waals surface area contributed by atoms with E-state index in [1.54, 1.807) is 0 Å². The predicted octanol–water partition coefficient (Wildman–Crippen LogP) is 2.91. The summed E-state index contributed by atoms with van der Waals surface area (Å²) < 4.78 is 7.03. The second kappa shape index (κ2) is 6.20. The van der Waals surface area contributed by atoms with Crippen molar-refractivity contribution >= 4 is 11.6 Å². The van der Waals surface area contributed by atoms with Crippen molar-refractivity contribution in [3.05, 3.63) is 47.6 Å². The number of carboxylic acid groups (broad SMARTS) is 1. The molecule has 1 saturated carbocycles. The summed E-state index contributed by atoms with van der Waals surface area (Å²) in [7, 11) is 0. The van der Waals surface area contributed by atoms with Crippen LogP contribution in [0.2, 0.25) is 0 Å². The van der Waals surface area contributed by atoms with E-state index in [1.807, 2.05) is 30.5 Å². The summed E-state index contributed by atoms with van der Waals surface area (Å²) in [6.45, 7) is 4.00. The maximum atomic E-state index is 10.7. The summed E-state index contributed by atoms with van der Waals surface area (Å²) in [6, 6.07) is 4.10. The number of pyridine rings is 1. The molecule has 1 N–H and O–H groups in total. The van der Waals surface area contributed by atoms with Crippen LogP contribution in [0.1, 0.15) is 60.4 Å². The molecule has 7 nitrogen and oxygen atoms in total. The molecule has 0 unspecified atom stereocenters. The zero-order chi connectivity index (χ0) is 16.4. The van der Waals surface area contributed by atoms with Gasteiger partial charge in [-0.05, 0) is 30.4 Å². The Balaban J connectivity index is 0.000000753. The SMILES string of the molecule is CC.O=C(O)c1nnc(Cc2cn3cc(C4CC4)ccc3n2)o1. The minimum absolute atomic E-state index is 0.248. The number of carbonyl (C=O) groups is 1. The highest BCUT2D eigenvalue weighted by Gasteiger charge is 2.23. The predicted molar refractivity (Wildman–Crippen MR) is 82.6 cm³/mol. The Kier molecular flexibility index (Phi) is 4.10. The van der Waals surface area contributed by atoms with Gasteiger partial charge in [0.2, 0.25) is 5.89 Å². The van der Waals surface area contributed by atoms with Crippen LogP contribution in [0, 0.1) is 0 Å². The fraction of sp³-hybridized carbons (Fsp3) is 0.375. The zero-order valence-electron chi connectivity index (χ0n) is 13.1. The molecule has 23 heavy (non-hydrogen) atoms. The summed E-state index contributed by atoms with van der Waals surface area (Å²) in [5.74, 6) is -0.685. The van der Waals surface area contributed by atoms with Gasteiger partial charge in [-0.25, -0.2) is 9.78 Å². The van der Waals surface area contributed by atoms with Gasteiger partial charge in [0, 0.05) is 12.4 Å². The molecule has 3 aromatic heterocycles. The Morgan fingerprint density at radius 3 is 2.74 bits per heavy atom. The Bertz CT molecular complexity index is 833. The van der Waals surface area contributed by atoms with Gasteiger partial charge < -0.3 is 13.9 Å². The molecule has 3 heterocycles. The number of aromatic nitrogens is 4. The van der Waals surface area contributed by atoms with Crippen molar-refractivity contribution in [2.75, 3.05) is 0 Å². The first-order valence-corrected chi connectivity index (χ1v) is 7.72. The summed E-state index contributed by atoms with van der Waals surface area (Å²) in [6.07, 6.45) is 6.84. The highest BCUT2D eigenvalue weighted by atomic mass is 16.4. The topological polar surface area (TPSA) is 93.5 Å². The fourth-order valence-corrected chi connectivity index (χ4v) is 2.37. The van der Waals surface area contributed by atoms with E-state index in [2.05, 4.69) is 27.4 Å². The van der Waals surface area contributed by atoms with Crippen LogP contribution in [0.4, 0.5) is 0 Å².